The number of carbonyl (C=O) groups excluding carboxylic acids is 2. The van der Waals surface area contributed by atoms with Crippen molar-refractivity contribution >= 4 is 50.8 Å². The zero-order chi connectivity index (χ0) is 19.1. The quantitative estimate of drug-likeness (QED) is 0.417. The van der Waals surface area contributed by atoms with Gasteiger partial charge in [0.05, 0.1) is 26.7 Å². The molecule has 0 aliphatic heterocycles. The van der Waals surface area contributed by atoms with E-state index in [9.17, 15) is 9.59 Å². The number of thiazole rings is 1. The smallest absolute Gasteiger partial charge is 0.227 e. The molecular weight excluding hydrogens is 378 g/mol. The first-order valence-electron chi connectivity index (χ1n) is 8.76. The Morgan fingerprint density at radius 1 is 1.07 bits per heavy atom. The van der Waals surface area contributed by atoms with Gasteiger partial charge in [-0.1, -0.05) is 24.3 Å². The number of benzene rings is 2. The van der Waals surface area contributed by atoms with E-state index in [1.54, 1.807) is 11.3 Å². The Hall–Kier alpha value is -2.38. The third-order valence-electron chi connectivity index (χ3n) is 3.91. The Morgan fingerprint density at radius 2 is 1.85 bits per heavy atom. The van der Waals surface area contributed by atoms with E-state index >= 15 is 0 Å². The van der Waals surface area contributed by atoms with Crippen LogP contribution in [0.15, 0.2) is 53.4 Å². The fourth-order valence-corrected chi connectivity index (χ4v) is 4.40. The molecule has 0 unspecified atom stereocenters. The number of aromatic nitrogens is 1. The summed E-state index contributed by atoms with van der Waals surface area (Å²) in [6.07, 6.45) is 3.07. The molecule has 0 bridgehead atoms. The average Bonchev–Trinajstić information content (AvgIpc) is 3.07. The van der Waals surface area contributed by atoms with Crippen LogP contribution in [0.25, 0.3) is 10.2 Å². The number of primary amides is 1. The maximum Gasteiger partial charge on any atom is 0.227 e. The second kappa shape index (κ2) is 9.53. The average molecular weight is 400 g/mol. The largest absolute Gasteiger partial charge is 0.369 e. The van der Waals surface area contributed by atoms with E-state index in [0.29, 0.717) is 6.42 Å². The predicted octanol–water partition coefficient (Wildman–Crippen LogP) is 4.23. The van der Waals surface area contributed by atoms with Gasteiger partial charge in [0, 0.05) is 11.3 Å². The number of unbranched alkanes of at least 4 members (excludes halogenated alkanes) is 1. The van der Waals surface area contributed by atoms with Crippen LogP contribution in [0, 0.1) is 0 Å². The van der Waals surface area contributed by atoms with Gasteiger partial charge < -0.3 is 11.1 Å². The molecule has 0 saturated heterocycles. The van der Waals surface area contributed by atoms with E-state index in [4.69, 9.17) is 5.73 Å². The van der Waals surface area contributed by atoms with Crippen molar-refractivity contribution < 1.29 is 9.59 Å². The second-order valence-corrected chi connectivity index (χ2v) is 8.21. The van der Waals surface area contributed by atoms with Crippen molar-refractivity contribution in [2.24, 2.45) is 5.73 Å². The predicted molar refractivity (Wildman–Crippen MR) is 112 cm³/mol. The van der Waals surface area contributed by atoms with Crippen LogP contribution in [0.3, 0.4) is 0 Å². The minimum Gasteiger partial charge on any atom is -0.369 e. The number of thioether (sulfide) groups is 1. The molecule has 3 aromatic rings. The summed E-state index contributed by atoms with van der Waals surface area (Å²) < 4.78 is 1.20. The van der Waals surface area contributed by atoms with Crippen molar-refractivity contribution in [2.45, 2.75) is 30.6 Å². The van der Waals surface area contributed by atoms with E-state index in [1.807, 2.05) is 42.5 Å². The van der Waals surface area contributed by atoms with Crippen LogP contribution in [0.4, 0.5) is 5.69 Å². The maximum absolute atomic E-state index is 12.2. The van der Waals surface area contributed by atoms with Crippen LogP contribution in [-0.2, 0) is 16.0 Å². The van der Waals surface area contributed by atoms with Crippen molar-refractivity contribution in [3.63, 3.8) is 0 Å². The van der Waals surface area contributed by atoms with Gasteiger partial charge in [0.25, 0.3) is 0 Å². The van der Waals surface area contributed by atoms with E-state index in [0.717, 1.165) is 40.4 Å². The van der Waals surface area contributed by atoms with E-state index in [1.165, 1.54) is 16.5 Å². The van der Waals surface area contributed by atoms with Crippen molar-refractivity contribution in [2.75, 3.05) is 11.1 Å². The molecule has 1 aromatic heterocycles. The highest BCUT2D eigenvalue weighted by Crippen LogP contribution is 2.27. The van der Waals surface area contributed by atoms with Crippen molar-refractivity contribution in [1.29, 1.82) is 0 Å². The van der Waals surface area contributed by atoms with Crippen LogP contribution >= 0.6 is 23.1 Å². The molecule has 2 aromatic carbocycles. The lowest BCUT2D eigenvalue weighted by Crippen LogP contribution is -2.14. The zero-order valence-corrected chi connectivity index (χ0v) is 16.4. The highest BCUT2D eigenvalue weighted by atomic mass is 32.2. The summed E-state index contributed by atoms with van der Waals surface area (Å²) in [4.78, 5) is 28.7. The Balaban J connectivity index is 1.45. The Kier molecular flexibility index (Phi) is 6.84. The molecule has 0 radical (unpaired) electrons. The molecule has 0 aliphatic rings. The number of nitrogens with two attached hydrogens (primary N) is 1. The number of para-hydroxylation sites is 2. The summed E-state index contributed by atoms with van der Waals surface area (Å²) in [7, 11) is 0. The SMILES string of the molecule is NC(=O)CSc1ccccc1NC(=O)CCCCc1nc2ccccc2s1. The van der Waals surface area contributed by atoms with Gasteiger partial charge in [-0.25, -0.2) is 4.98 Å². The van der Waals surface area contributed by atoms with Gasteiger partial charge in [0.15, 0.2) is 0 Å². The lowest BCUT2D eigenvalue weighted by molar-refractivity contribution is -0.116. The molecule has 0 fully saturated rings. The normalized spacial score (nSPS) is 10.8. The van der Waals surface area contributed by atoms with Crippen molar-refractivity contribution in [3.05, 3.63) is 53.5 Å². The Labute approximate surface area is 166 Å². The highest BCUT2D eigenvalue weighted by Gasteiger charge is 2.09. The van der Waals surface area contributed by atoms with Crippen LogP contribution in [0.2, 0.25) is 0 Å². The topological polar surface area (TPSA) is 85.1 Å². The van der Waals surface area contributed by atoms with Crippen LogP contribution < -0.4 is 11.1 Å². The maximum atomic E-state index is 12.2. The molecule has 5 nitrogen and oxygen atoms in total. The third-order valence-corrected chi connectivity index (χ3v) is 6.11. The summed E-state index contributed by atoms with van der Waals surface area (Å²) in [6.45, 7) is 0. The summed E-state index contributed by atoms with van der Waals surface area (Å²) in [5.41, 5.74) is 6.96. The number of carbonyl (C=O) groups is 2. The number of hydrogen-bond acceptors (Lipinski definition) is 5. The fraction of sp³-hybridized carbons (Fsp3) is 0.250. The molecule has 0 aliphatic carbocycles. The molecule has 0 atom stereocenters. The summed E-state index contributed by atoms with van der Waals surface area (Å²) in [6, 6.07) is 15.6. The summed E-state index contributed by atoms with van der Waals surface area (Å²) >= 11 is 3.04. The van der Waals surface area contributed by atoms with Crippen LogP contribution in [-0.4, -0.2) is 22.6 Å². The molecule has 7 heteroatoms. The van der Waals surface area contributed by atoms with E-state index in [2.05, 4.69) is 16.4 Å². The van der Waals surface area contributed by atoms with Crippen molar-refractivity contribution in [1.82, 2.24) is 4.98 Å². The second-order valence-electron chi connectivity index (χ2n) is 6.08. The van der Waals surface area contributed by atoms with Crippen LogP contribution in [0.5, 0.6) is 0 Å². The number of nitrogens with one attached hydrogen (secondary N) is 1. The Bertz CT molecular complexity index is 907. The summed E-state index contributed by atoms with van der Waals surface area (Å²) in [5, 5.41) is 4.05. The number of fused-ring (bicyclic) bond motifs is 1. The number of nitrogens with zero attached hydrogens (tertiary/aromatic N) is 1. The first kappa shape index (κ1) is 19.4. The molecule has 1 heterocycles. The number of amides is 2. The van der Waals surface area contributed by atoms with Gasteiger partial charge in [0.1, 0.15) is 0 Å². The molecule has 3 N–H and O–H groups in total. The van der Waals surface area contributed by atoms with Crippen molar-refractivity contribution in [3.8, 4) is 0 Å². The third kappa shape index (κ3) is 5.80. The van der Waals surface area contributed by atoms with Gasteiger partial charge in [0.2, 0.25) is 11.8 Å². The highest BCUT2D eigenvalue weighted by molar-refractivity contribution is 8.00. The van der Waals surface area contributed by atoms with Gasteiger partial charge in [-0.05, 0) is 43.5 Å². The standard InChI is InChI=1S/C20H21N3O2S2/c21-18(24)13-26-16-9-3-1-7-14(16)22-19(25)11-5-6-12-20-23-15-8-2-4-10-17(15)27-20/h1-4,7-10H,5-6,11-13H2,(H2,21,24)(H,22,25). The first-order valence-corrected chi connectivity index (χ1v) is 10.6. The minimum absolute atomic E-state index is 0.0218. The Morgan fingerprint density at radius 3 is 2.67 bits per heavy atom. The first-order chi connectivity index (χ1) is 13.1. The number of hydrogen-bond donors (Lipinski definition) is 2. The van der Waals surface area contributed by atoms with E-state index in [-0.39, 0.29) is 17.6 Å². The van der Waals surface area contributed by atoms with Gasteiger partial charge >= 0.3 is 0 Å². The molecule has 3 rings (SSSR count). The molecule has 0 saturated carbocycles. The van der Waals surface area contributed by atoms with Gasteiger partial charge in [-0.2, -0.15) is 0 Å². The molecular formula is C20H21N3O2S2. The summed E-state index contributed by atoms with van der Waals surface area (Å²) in [5.74, 6) is -0.211. The molecule has 2 amide bonds. The molecule has 0 spiro atoms. The lowest BCUT2D eigenvalue weighted by Gasteiger charge is -2.10. The molecule has 140 valence electrons. The van der Waals surface area contributed by atoms with Gasteiger partial charge in [-0.3, -0.25) is 9.59 Å². The zero-order valence-electron chi connectivity index (χ0n) is 14.8. The molecule has 27 heavy (non-hydrogen) atoms. The van der Waals surface area contributed by atoms with Crippen LogP contribution in [0.1, 0.15) is 24.3 Å². The minimum atomic E-state index is -0.379. The number of aryl methyl sites for hydroxylation is 1. The number of anilines is 1. The van der Waals surface area contributed by atoms with Gasteiger partial charge in [-0.15, -0.1) is 23.1 Å². The lowest BCUT2D eigenvalue weighted by atomic mass is 10.2. The van der Waals surface area contributed by atoms with E-state index < -0.39 is 0 Å². The monoisotopic (exact) mass is 399 g/mol. The fourth-order valence-electron chi connectivity index (χ4n) is 2.65. The number of rotatable bonds is 9.